The molecule has 1 aliphatic heterocycles. The van der Waals surface area contributed by atoms with E-state index in [0.29, 0.717) is 11.0 Å². The highest BCUT2D eigenvalue weighted by Gasteiger charge is 2.38. The summed E-state index contributed by atoms with van der Waals surface area (Å²) in [5.41, 5.74) is -0.223. The lowest BCUT2D eigenvalue weighted by molar-refractivity contribution is -0.127. The predicted octanol–water partition coefficient (Wildman–Crippen LogP) is 1.95. The maximum absolute atomic E-state index is 12.5. The summed E-state index contributed by atoms with van der Waals surface area (Å²) in [6.45, 7) is 5.80. The van der Waals surface area contributed by atoms with Gasteiger partial charge in [-0.1, -0.05) is 13.3 Å². The maximum atomic E-state index is 12.5. The normalized spacial score (nSPS) is 18.6. The average molecular weight is 268 g/mol. The van der Waals surface area contributed by atoms with Crippen LogP contribution in [-0.4, -0.2) is 28.4 Å². The van der Waals surface area contributed by atoms with E-state index in [1.807, 2.05) is 6.92 Å². The molecule has 0 spiro atoms. The topological polar surface area (TPSA) is 66.9 Å². The van der Waals surface area contributed by atoms with Gasteiger partial charge < -0.3 is 10.6 Å². The Labute approximate surface area is 112 Å². The molecule has 1 amide bonds. The minimum absolute atomic E-state index is 0.113. The van der Waals surface area contributed by atoms with Gasteiger partial charge in [-0.3, -0.25) is 4.79 Å². The number of aryl methyl sites for hydroxylation is 1. The van der Waals surface area contributed by atoms with Crippen molar-refractivity contribution in [3.8, 4) is 0 Å². The van der Waals surface area contributed by atoms with E-state index in [4.69, 9.17) is 0 Å². The van der Waals surface area contributed by atoms with Crippen molar-refractivity contribution in [2.24, 2.45) is 5.41 Å². The monoisotopic (exact) mass is 268 g/mol. The van der Waals surface area contributed by atoms with Crippen LogP contribution in [0, 0.1) is 12.3 Å². The molecule has 1 aromatic rings. The van der Waals surface area contributed by atoms with E-state index in [0.717, 1.165) is 38.8 Å². The molecule has 0 aliphatic carbocycles. The van der Waals surface area contributed by atoms with Gasteiger partial charge in [-0.2, -0.15) is 4.37 Å². The van der Waals surface area contributed by atoms with Crippen LogP contribution >= 0.6 is 11.5 Å². The van der Waals surface area contributed by atoms with Crippen molar-refractivity contribution in [1.29, 1.82) is 0 Å². The Kier molecular flexibility index (Phi) is 4.29. The van der Waals surface area contributed by atoms with Crippen molar-refractivity contribution >= 4 is 22.6 Å². The fourth-order valence-electron chi connectivity index (χ4n) is 2.55. The third-order valence-corrected chi connectivity index (χ3v) is 4.24. The van der Waals surface area contributed by atoms with Gasteiger partial charge in [0.25, 0.3) is 0 Å². The largest absolute Gasteiger partial charge is 0.317 e. The number of piperidine rings is 1. The number of carbonyl (C=O) groups excluding carboxylic acids is 1. The molecule has 0 atom stereocenters. The van der Waals surface area contributed by atoms with Gasteiger partial charge >= 0.3 is 0 Å². The average Bonchev–Trinajstić information content (AvgIpc) is 2.76. The van der Waals surface area contributed by atoms with Gasteiger partial charge in [0, 0.05) is 11.5 Å². The zero-order chi connectivity index (χ0) is 13.0. The van der Waals surface area contributed by atoms with Crippen molar-refractivity contribution in [3.05, 3.63) is 5.82 Å². The van der Waals surface area contributed by atoms with Crippen molar-refractivity contribution in [3.63, 3.8) is 0 Å². The summed E-state index contributed by atoms with van der Waals surface area (Å²) in [5.74, 6) is 0.826. The van der Waals surface area contributed by atoms with Gasteiger partial charge in [0.1, 0.15) is 5.82 Å². The second-order valence-corrected chi connectivity index (χ2v) is 5.63. The lowest BCUT2D eigenvalue weighted by Gasteiger charge is -2.35. The van der Waals surface area contributed by atoms with Gasteiger partial charge in [-0.05, 0) is 39.3 Å². The molecule has 0 aromatic carbocycles. The Morgan fingerprint density at radius 3 is 2.78 bits per heavy atom. The van der Waals surface area contributed by atoms with Crippen LogP contribution in [0.4, 0.5) is 5.13 Å². The molecule has 0 unspecified atom stereocenters. The number of hydrogen-bond donors (Lipinski definition) is 2. The lowest BCUT2D eigenvalue weighted by atomic mass is 9.74. The Morgan fingerprint density at radius 2 is 2.22 bits per heavy atom. The molecule has 2 heterocycles. The van der Waals surface area contributed by atoms with Gasteiger partial charge in [0.05, 0.1) is 5.41 Å². The summed E-state index contributed by atoms with van der Waals surface area (Å²) in [5, 5.41) is 6.87. The first-order chi connectivity index (χ1) is 8.66. The number of nitrogens with one attached hydrogen (secondary N) is 2. The van der Waals surface area contributed by atoms with E-state index in [1.54, 1.807) is 0 Å². The second-order valence-electron chi connectivity index (χ2n) is 4.88. The highest BCUT2D eigenvalue weighted by molar-refractivity contribution is 7.09. The van der Waals surface area contributed by atoms with Crippen LogP contribution < -0.4 is 10.6 Å². The fraction of sp³-hybridized carbons (Fsp3) is 0.750. The minimum Gasteiger partial charge on any atom is -0.317 e. The molecule has 0 radical (unpaired) electrons. The molecule has 100 valence electrons. The molecule has 2 N–H and O–H groups in total. The highest BCUT2D eigenvalue weighted by atomic mass is 32.1. The SMILES string of the molecule is CCCC1(C(=O)Nc2nc(C)ns2)CCNCC1. The lowest BCUT2D eigenvalue weighted by Crippen LogP contribution is -2.44. The molecule has 0 bridgehead atoms. The van der Waals surface area contributed by atoms with E-state index in [-0.39, 0.29) is 11.3 Å². The van der Waals surface area contributed by atoms with E-state index in [2.05, 4.69) is 26.9 Å². The summed E-state index contributed by atoms with van der Waals surface area (Å²) >= 11 is 1.25. The molecule has 6 heteroatoms. The fourth-order valence-corrected chi connectivity index (χ4v) is 3.12. The number of aromatic nitrogens is 2. The van der Waals surface area contributed by atoms with E-state index >= 15 is 0 Å². The quantitative estimate of drug-likeness (QED) is 0.876. The Bertz CT molecular complexity index is 406. The molecule has 1 aliphatic rings. The number of hydrogen-bond acceptors (Lipinski definition) is 5. The second kappa shape index (κ2) is 5.75. The Balaban J connectivity index is 2.08. The summed E-state index contributed by atoms with van der Waals surface area (Å²) in [7, 11) is 0. The number of anilines is 1. The molecule has 0 saturated carbocycles. The summed E-state index contributed by atoms with van der Waals surface area (Å²) in [6, 6.07) is 0. The molecule has 2 rings (SSSR count). The van der Waals surface area contributed by atoms with Crippen molar-refractivity contribution in [1.82, 2.24) is 14.7 Å². The number of carbonyl (C=O) groups is 1. The first-order valence-electron chi connectivity index (χ1n) is 6.49. The standard InChI is InChI=1S/C12H20N4OS/c1-3-4-12(5-7-13-8-6-12)10(17)15-11-14-9(2)16-18-11/h13H,3-8H2,1-2H3,(H,14,15,16,17). The maximum Gasteiger partial charge on any atom is 0.232 e. The van der Waals surface area contributed by atoms with Gasteiger partial charge in [0.15, 0.2) is 0 Å². The van der Waals surface area contributed by atoms with E-state index in [1.165, 1.54) is 11.5 Å². The van der Waals surface area contributed by atoms with Gasteiger partial charge in [0.2, 0.25) is 11.0 Å². The van der Waals surface area contributed by atoms with Crippen molar-refractivity contribution < 1.29 is 4.79 Å². The first-order valence-corrected chi connectivity index (χ1v) is 7.26. The Morgan fingerprint density at radius 1 is 1.50 bits per heavy atom. The zero-order valence-corrected chi connectivity index (χ0v) is 11.8. The summed E-state index contributed by atoms with van der Waals surface area (Å²) in [4.78, 5) is 16.7. The van der Waals surface area contributed by atoms with Crippen LogP contribution in [0.1, 0.15) is 38.4 Å². The van der Waals surface area contributed by atoms with Crippen LogP contribution in [0.5, 0.6) is 0 Å². The van der Waals surface area contributed by atoms with Crippen LogP contribution in [0.15, 0.2) is 0 Å². The molecule has 5 nitrogen and oxygen atoms in total. The molecule has 1 saturated heterocycles. The van der Waals surface area contributed by atoms with E-state index in [9.17, 15) is 4.79 Å². The van der Waals surface area contributed by atoms with Crippen LogP contribution in [-0.2, 0) is 4.79 Å². The van der Waals surface area contributed by atoms with Crippen molar-refractivity contribution in [2.45, 2.75) is 39.5 Å². The molecule has 18 heavy (non-hydrogen) atoms. The summed E-state index contributed by atoms with van der Waals surface area (Å²) in [6.07, 6.45) is 3.79. The smallest absolute Gasteiger partial charge is 0.232 e. The third kappa shape index (κ3) is 2.87. The summed E-state index contributed by atoms with van der Waals surface area (Å²) < 4.78 is 4.09. The van der Waals surface area contributed by atoms with Gasteiger partial charge in [-0.15, -0.1) is 0 Å². The van der Waals surface area contributed by atoms with Crippen molar-refractivity contribution in [2.75, 3.05) is 18.4 Å². The minimum atomic E-state index is -0.223. The van der Waals surface area contributed by atoms with E-state index < -0.39 is 0 Å². The predicted molar refractivity (Wildman–Crippen MR) is 72.7 cm³/mol. The number of nitrogens with zero attached hydrogens (tertiary/aromatic N) is 2. The van der Waals surface area contributed by atoms with Crippen LogP contribution in [0.2, 0.25) is 0 Å². The first kappa shape index (κ1) is 13.4. The molecular weight excluding hydrogens is 248 g/mol. The highest BCUT2D eigenvalue weighted by Crippen LogP contribution is 2.35. The molecule has 1 fully saturated rings. The van der Waals surface area contributed by atoms with Crippen LogP contribution in [0.3, 0.4) is 0 Å². The zero-order valence-electron chi connectivity index (χ0n) is 11.0. The molecule has 1 aromatic heterocycles. The number of rotatable bonds is 4. The number of amides is 1. The van der Waals surface area contributed by atoms with Gasteiger partial charge in [-0.25, -0.2) is 4.98 Å². The van der Waals surface area contributed by atoms with Crippen LogP contribution in [0.25, 0.3) is 0 Å². The third-order valence-electron chi connectivity index (χ3n) is 3.52. The Hall–Kier alpha value is -1.01. The molecular formula is C12H20N4OS.